The standard InChI is InChI=1S/C9H5ClN2O5/c10-7-4-1-2-11-8(4)5(12(15)16)3-6(7)17-9(13)14/h1-3,11H,(H,13,14). The molecule has 7 nitrogen and oxygen atoms in total. The topological polar surface area (TPSA) is 105 Å². The quantitative estimate of drug-likeness (QED) is 0.372. The highest BCUT2D eigenvalue weighted by Crippen LogP contribution is 2.38. The normalized spacial score (nSPS) is 10.4. The molecule has 0 aliphatic heterocycles. The Morgan fingerprint density at radius 3 is 2.88 bits per heavy atom. The van der Waals surface area contributed by atoms with Gasteiger partial charge in [0.2, 0.25) is 0 Å². The van der Waals surface area contributed by atoms with Gasteiger partial charge in [-0.3, -0.25) is 10.1 Å². The molecule has 0 fully saturated rings. The average molecular weight is 257 g/mol. The molecule has 0 saturated carbocycles. The van der Waals surface area contributed by atoms with Gasteiger partial charge in [0.05, 0.1) is 16.0 Å². The Bertz CT molecular complexity index is 621. The average Bonchev–Trinajstić information content (AvgIpc) is 2.70. The number of non-ortho nitro benzene ring substituents is 1. The molecule has 0 radical (unpaired) electrons. The van der Waals surface area contributed by atoms with Crippen LogP contribution in [0, 0.1) is 10.1 Å². The number of nitro groups is 1. The molecular formula is C9H5ClN2O5. The fourth-order valence-corrected chi connectivity index (χ4v) is 1.72. The molecule has 0 aliphatic rings. The van der Waals surface area contributed by atoms with Gasteiger partial charge >= 0.3 is 6.16 Å². The largest absolute Gasteiger partial charge is 0.511 e. The van der Waals surface area contributed by atoms with Crippen molar-refractivity contribution in [1.29, 1.82) is 0 Å². The lowest BCUT2D eigenvalue weighted by atomic mass is 10.2. The molecule has 1 aromatic heterocycles. The maximum absolute atomic E-state index is 10.8. The number of nitro benzene ring substituents is 1. The summed E-state index contributed by atoms with van der Waals surface area (Å²) < 4.78 is 4.38. The van der Waals surface area contributed by atoms with Crippen LogP contribution in [0.1, 0.15) is 0 Å². The van der Waals surface area contributed by atoms with Crippen molar-refractivity contribution in [2.24, 2.45) is 0 Å². The van der Waals surface area contributed by atoms with Crippen LogP contribution in [-0.2, 0) is 0 Å². The number of aromatic amines is 1. The number of carbonyl (C=O) groups is 1. The number of nitrogens with one attached hydrogen (secondary N) is 1. The summed E-state index contributed by atoms with van der Waals surface area (Å²) in [7, 11) is 0. The first-order valence-corrected chi connectivity index (χ1v) is 4.73. The maximum atomic E-state index is 10.8. The van der Waals surface area contributed by atoms with Gasteiger partial charge in [0.15, 0.2) is 5.75 Å². The van der Waals surface area contributed by atoms with E-state index in [2.05, 4.69) is 9.72 Å². The minimum absolute atomic E-state index is 0.00856. The second-order valence-corrected chi connectivity index (χ2v) is 3.48. The number of carboxylic acid groups (broad SMARTS) is 1. The monoisotopic (exact) mass is 256 g/mol. The van der Waals surface area contributed by atoms with E-state index in [0.29, 0.717) is 5.39 Å². The van der Waals surface area contributed by atoms with E-state index in [4.69, 9.17) is 16.7 Å². The molecule has 1 aromatic carbocycles. The predicted octanol–water partition coefficient (Wildman–Crippen LogP) is 2.79. The first-order chi connectivity index (χ1) is 8.00. The number of hydrogen-bond donors (Lipinski definition) is 2. The van der Waals surface area contributed by atoms with E-state index in [1.165, 1.54) is 12.3 Å². The zero-order chi connectivity index (χ0) is 12.6. The third-order valence-corrected chi connectivity index (χ3v) is 2.51. The van der Waals surface area contributed by atoms with Crippen LogP contribution in [0.15, 0.2) is 18.3 Å². The minimum Gasteiger partial charge on any atom is -0.449 e. The van der Waals surface area contributed by atoms with Crippen LogP contribution in [0.4, 0.5) is 10.5 Å². The number of benzene rings is 1. The van der Waals surface area contributed by atoms with Crippen molar-refractivity contribution < 1.29 is 19.6 Å². The molecule has 88 valence electrons. The third kappa shape index (κ3) is 1.87. The first-order valence-electron chi connectivity index (χ1n) is 4.35. The first kappa shape index (κ1) is 11.2. The number of halogens is 1. The molecule has 0 bridgehead atoms. The Kier molecular flexibility index (Phi) is 2.60. The van der Waals surface area contributed by atoms with Gasteiger partial charge in [-0.05, 0) is 6.07 Å². The predicted molar refractivity (Wildman–Crippen MR) is 58.6 cm³/mol. The van der Waals surface area contributed by atoms with Crippen molar-refractivity contribution in [3.63, 3.8) is 0 Å². The van der Waals surface area contributed by atoms with Crippen molar-refractivity contribution >= 4 is 34.3 Å². The van der Waals surface area contributed by atoms with Gasteiger partial charge in [0.1, 0.15) is 5.52 Å². The number of hydrogen-bond acceptors (Lipinski definition) is 4. The third-order valence-electron chi connectivity index (χ3n) is 2.12. The van der Waals surface area contributed by atoms with E-state index in [-0.39, 0.29) is 22.0 Å². The summed E-state index contributed by atoms with van der Waals surface area (Å²) in [6.07, 6.45) is -0.121. The molecule has 2 N–H and O–H groups in total. The second-order valence-electron chi connectivity index (χ2n) is 3.10. The van der Waals surface area contributed by atoms with Gasteiger partial charge in [-0.25, -0.2) is 4.79 Å². The summed E-state index contributed by atoms with van der Waals surface area (Å²) >= 11 is 5.87. The maximum Gasteiger partial charge on any atom is 0.511 e. The Hall–Kier alpha value is -2.28. The Morgan fingerprint density at radius 2 is 2.29 bits per heavy atom. The van der Waals surface area contributed by atoms with E-state index < -0.39 is 11.1 Å². The van der Waals surface area contributed by atoms with E-state index >= 15 is 0 Å². The SMILES string of the molecule is O=C(O)Oc1cc([N+](=O)[O-])c2[nH]ccc2c1Cl. The molecule has 0 amide bonds. The van der Waals surface area contributed by atoms with Crippen molar-refractivity contribution in [2.75, 3.05) is 0 Å². The second kappa shape index (κ2) is 3.95. The van der Waals surface area contributed by atoms with Gasteiger partial charge < -0.3 is 14.8 Å². The number of ether oxygens (including phenoxy) is 1. The van der Waals surface area contributed by atoms with Crippen molar-refractivity contribution in [1.82, 2.24) is 4.98 Å². The highest BCUT2D eigenvalue weighted by molar-refractivity contribution is 6.37. The molecule has 2 aromatic rings. The van der Waals surface area contributed by atoms with Gasteiger partial charge in [-0.2, -0.15) is 0 Å². The molecule has 0 unspecified atom stereocenters. The molecule has 8 heteroatoms. The fraction of sp³-hybridized carbons (Fsp3) is 0. The van der Waals surface area contributed by atoms with Crippen LogP contribution < -0.4 is 4.74 Å². The minimum atomic E-state index is -1.59. The van der Waals surface area contributed by atoms with Crippen molar-refractivity contribution in [2.45, 2.75) is 0 Å². The summed E-state index contributed by atoms with van der Waals surface area (Å²) in [6, 6.07) is 2.47. The number of H-pyrrole nitrogens is 1. The van der Waals surface area contributed by atoms with E-state index in [9.17, 15) is 14.9 Å². The summed E-state index contributed by atoms with van der Waals surface area (Å²) in [5.41, 5.74) is -0.0802. The van der Waals surface area contributed by atoms with Crippen molar-refractivity contribution in [3.05, 3.63) is 33.5 Å². The highest BCUT2D eigenvalue weighted by Gasteiger charge is 2.21. The van der Waals surface area contributed by atoms with E-state index in [0.717, 1.165) is 6.07 Å². The molecule has 1 heterocycles. The van der Waals surface area contributed by atoms with Crippen LogP contribution in [-0.4, -0.2) is 21.2 Å². The Morgan fingerprint density at radius 1 is 1.59 bits per heavy atom. The highest BCUT2D eigenvalue weighted by atomic mass is 35.5. The molecule has 2 rings (SSSR count). The molecular weight excluding hydrogens is 252 g/mol. The Labute approximate surface area is 98.7 Å². The lowest BCUT2D eigenvalue weighted by molar-refractivity contribution is -0.383. The summed E-state index contributed by atoms with van der Waals surface area (Å²) in [5.74, 6) is -0.266. The fourth-order valence-electron chi connectivity index (χ4n) is 1.47. The molecule has 0 saturated heterocycles. The lowest BCUT2D eigenvalue weighted by Gasteiger charge is -2.04. The summed E-state index contributed by atoms with van der Waals surface area (Å²) in [4.78, 5) is 23.2. The number of rotatable bonds is 2. The summed E-state index contributed by atoms with van der Waals surface area (Å²) in [5, 5.41) is 19.6. The van der Waals surface area contributed by atoms with Crippen molar-refractivity contribution in [3.8, 4) is 5.75 Å². The number of fused-ring (bicyclic) bond motifs is 1. The number of aromatic nitrogens is 1. The zero-order valence-corrected chi connectivity index (χ0v) is 8.89. The van der Waals surface area contributed by atoms with E-state index in [1.54, 1.807) is 0 Å². The Balaban J connectivity index is 2.73. The van der Waals surface area contributed by atoms with E-state index in [1.807, 2.05) is 0 Å². The van der Waals surface area contributed by atoms with Crippen LogP contribution in [0.3, 0.4) is 0 Å². The lowest BCUT2D eigenvalue weighted by Crippen LogP contribution is -2.04. The molecule has 17 heavy (non-hydrogen) atoms. The zero-order valence-electron chi connectivity index (χ0n) is 8.14. The van der Waals surface area contributed by atoms with Crippen LogP contribution >= 0.6 is 11.6 Å². The molecule has 0 aliphatic carbocycles. The number of nitrogens with zero attached hydrogens (tertiary/aromatic N) is 1. The van der Waals surface area contributed by atoms with Gasteiger partial charge in [0, 0.05) is 11.6 Å². The van der Waals surface area contributed by atoms with Gasteiger partial charge in [-0.1, -0.05) is 11.6 Å². The van der Waals surface area contributed by atoms with Gasteiger partial charge in [-0.15, -0.1) is 0 Å². The van der Waals surface area contributed by atoms with Crippen LogP contribution in [0.5, 0.6) is 5.75 Å². The van der Waals surface area contributed by atoms with Crippen LogP contribution in [0.25, 0.3) is 10.9 Å². The molecule has 0 atom stereocenters. The molecule has 0 spiro atoms. The smallest absolute Gasteiger partial charge is 0.449 e. The van der Waals surface area contributed by atoms with Gasteiger partial charge in [0.25, 0.3) is 5.69 Å². The van der Waals surface area contributed by atoms with Crippen LogP contribution in [0.2, 0.25) is 5.02 Å². The summed E-state index contributed by atoms with van der Waals surface area (Å²) in [6.45, 7) is 0.